The van der Waals surface area contributed by atoms with Crippen molar-refractivity contribution in [3.05, 3.63) is 58.6 Å². The maximum Gasteiger partial charge on any atom is 0.338 e. The van der Waals surface area contributed by atoms with Crippen LogP contribution in [0, 0.1) is 5.41 Å². The summed E-state index contributed by atoms with van der Waals surface area (Å²) >= 11 is 0. The monoisotopic (exact) mass is 326 g/mol. The summed E-state index contributed by atoms with van der Waals surface area (Å²) in [4.78, 5) is 25.3. The molecule has 0 fully saturated rings. The van der Waals surface area contributed by atoms with Gasteiger partial charge in [0.15, 0.2) is 5.78 Å². The molecular weight excluding hydrogens is 304 g/mol. The number of carbonyl (C=O) groups excluding carboxylic acids is 2. The molecule has 0 spiro atoms. The van der Waals surface area contributed by atoms with Gasteiger partial charge in [-0.1, -0.05) is 44.2 Å². The molecule has 3 rings (SSSR count). The van der Waals surface area contributed by atoms with Crippen molar-refractivity contribution >= 4 is 11.8 Å². The average molecular weight is 326 g/mol. The Morgan fingerprint density at radius 2 is 1.88 bits per heavy atom. The molecule has 0 radical (unpaired) electrons. The van der Waals surface area contributed by atoms with E-state index >= 15 is 0 Å². The summed E-state index contributed by atoms with van der Waals surface area (Å²) in [6.07, 6.45) is 1.13. The lowest BCUT2D eigenvalue weighted by Gasteiger charge is -2.38. The lowest BCUT2D eigenvalue weighted by atomic mass is 9.70. The van der Waals surface area contributed by atoms with Gasteiger partial charge in [0, 0.05) is 18.4 Å². The van der Waals surface area contributed by atoms with Gasteiger partial charge < -0.3 is 9.47 Å². The number of carbonyl (C=O) groups is 2. The first-order valence-electron chi connectivity index (χ1n) is 8.12. The van der Waals surface area contributed by atoms with E-state index in [2.05, 4.69) is 13.8 Å². The number of methoxy groups -OCH3 is 1. The van der Waals surface area contributed by atoms with E-state index < -0.39 is 11.9 Å². The molecule has 0 saturated heterocycles. The second-order valence-electron chi connectivity index (χ2n) is 7.18. The molecule has 1 unspecified atom stereocenters. The molecule has 2 aliphatic rings. The van der Waals surface area contributed by atoms with E-state index in [0.29, 0.717) is 35.5 Å². The highest BCUT2D eigenvalue weighted by molar-refractivity contribution is 6.03. The number of ketones is 1. The number of Topliss-reactive ketones (excluding diaryl/α,β-unsaturated/α-hetero) is 1. The van der Waals surface area contributed by atoms with Crippen molar-refractivity contribution in [1.82, 2.24) is 0 Å². The SMILES string of the molecule is COC(=O)C1=C(C)OC2=C(C(=O)CC(C)(C)C2)C1c1ccccc1. The number of rotatable bonds is 2. The van der Waals surface area contributed by atoms with Crippen LogP contribution in [0.4, 0.5) is 0 Å². The normalized spacial score (nSPS) is 22.8. The first-order chi connectivity index (χ1) is 11.3. The van der Waals surface area contributed by atoms with Gasteiger partial charge in [-0.05, 0) is 17.9 Å². The van der Waals surface area contributed by atoms with Crippen LogP contribution in [-0.4, -0.2) is 18.9 Å². The summed E-state index contributed by atoms with van der Waals surface area (Å²) in [7, 11) is 1.35. The van der Waals surface area contributed by atoms with E-state index in [1.165, 1.54) is 7.11 Å². The average Bonchev–Trinajstić information content (AvgIpc) is 2.52. The third-order valence-corrected chi connectivity index (χ3v) is 4.65. The molecule has 1 aromatic carbocycles. The van der Waals surface area contributed by atoms with Crippen LogP contribution < -0.4 is 0 Å². The van der Waals surface area contributed by atoms with Crippen LogP contribution in [0.5, 0.6) is 0 Å². The number of allylic oxidation sites excluding steroid dienone is 3. The standard InChI is InChI=1S/C20H22O4/c1-12-16(19(22)23-4)17(13-8-6-5-7-9-13)18-14(21)10-20(2,3)11-15(18)24-12/h5-9,17H,10-11H2,1-4H3. The Labute approximate surface area is 142 Å². The molecule has 4 heteroatoms. The van der Waals surface area contributed by atoms with E-state index in [1.807, 2.05) is 30.3 Å². The van der Waals surface area contributed by atoms with Gasteiger partial charge in [-0.2, -0.15) is 0 Å². The minimum atomic E-state index is -0.453. The van der Waals surface area contributed by atoms with Gasteiger partial charge in [0.1, 0.15) is 11.5 Å². The van der Waals surface area contributed by atoms with Crippen molar-refractivity contribution in [3.8, 4) is 0 Å². The number of benzene rings is 1. The van der Waals surface area contributed by atoms with Crippen LogP contribution in [0.15, 0.2) is 53.0 Å². The van der Waals surface area contributed by atoms with Crippen molar-refractivity contribution in [3.63, 3.8) is 0 Å². The number of ether oxygens (including phenoxy) is 2. The zero-order chi connectivity index (χ0) is 17.5. The predicted molar refractivity (Wildman–Crippen MR) is 90.0 cm³/mol. The van der Waals surface area contributed by atoms with Crippen LogP contribution in [0.25, 0.3) is 0 Å². The molecule has 1 aliphatic heterocycles. The van der Waals surface area contributed by atoms with E-state index in [4.69, 9.17) is 9.47 Å². The van der Waals surface area contributed by atoms with Gasteiger partial charge in [0.05, 0.1) is 18.6 Å². The van der Waals surface area contributed by atoms with Gasteiger partial charge in [0.2, 0.25) is 0 Å². The van der Waals surface area contributed by atoms with Crippen LogP contribution in [0.3, 0.4) is 0 Å². The zero-order valence-electron chi connectivity index (χ0n) is 14.5. The second-order valence-corrected chi connectivity index (χ2v) is 7.18. The Hall–Kier alpha value is -2.36. The highest BCUT2D eigenvalue weighted by atomic mass is 16.5. The van der Waals surface area contributed by atoms with E-state index in [-0.39, 0.29) is 11.2 Å². The number of esters is 1. The van der Waals surface area contributed by atoms with Crippen LogP contribution in [0.1, 0.15) is 45.1 Å². The number of hydrogen-bond donors (Lipinski definition) is 0. The Kier molecular flexibility index (Phi) is 4.08. The molecule has 24 heavy (non-hydrogen) atoms. The highest BCUT2D eigenvalue weighted by Crippen LogP contribution is 2.48. The maximum atomic E-state index is 12.9. The van der Waals surface area contributed by atoms with Gasteiger partial charge in [-0.25, -0.2) is 4.79 Å². The minimum Gasteiger partial charge on any atom is -0.466 e. The van der Waals surface area contributed by atoms with Crippen molar-refractivity contribution in [2.75, 3.05) is 7.11 Å². The summed E-state index contributed by atoms with van der Waals surface area (Å²) in [5, 5.41) is 0. The fraction of sp³-hybridized carbons (Fsp3) is 0.400. The quantitative estimate of drug-likeness (QED) is 0.774. The first-order valence-corrected chi connectivity index (χ1v) is 8.12. The van der Waals surface area contributed by atoms with Crippen molar-refractivity contribution in [2.24, 2.45) is 5.41 Å². The third-order valence-electron chi connectivity index (χ3n) is 4.65. The molecule has 126 valence electrons. The van der Waals surface area contributed by atoms with Gasteiger partial charge in [-0.15, -0.1) is 0 Å². The smallest absolute Gasteiger partial charge is 0.338 e. The topological polar surface area (TPSA) is 52.6 Å². The van der Waals surface area contributed by atoms with Crippen molar-refractivity contribution in [2.45, 2.75) is 39.5 Å². The lowest BCUT2D eigenvalue weighted by Crippen LogP contribution is -2.33. The van der Waals surface area contributed by atoms with E-state index in [0.717, 1.165) is 5.56 Å². The predicted octanol–water partition coefficient (Wildman–Crippen LogP) is 3.89. The molecule has 0 aromatic heterocycles. The molecule has 1 heterocycles. The number of hydrogen-bond acceptors (Lipinski definition) is 4. The zero-order valence-corrected chi connectivity index (χ0v) is 14.5. The van der Waals surface area contributed by atoms with Gasteiger partial charge >= 0.3 is 5.97 Å². The molecule has 0 saturated carbocycles. The largest absolute Gasteiger partial charge is 0.466 e. The summed E-state index contributed by atoms with van der Waals surface area (Å²) in [5.74, 6) is 0.371. The fourth-order valence-corrected chi connectivity index (χ4v) is 3.63. The first kappa shape index (κ1) is 16.5. The Morgan fingerprint density at radius 1 is 1.21 bits per heavy atom. The Bertz CT molecular complexity index is 753. The molecule has 1 aliphatic carbocycles. The molecular formula is C20H22O4. The second kappa shape index (κ2) is 5.93. The third kappa shape index (κ3) is 2.77. The van der Waals surface area contributed by atoms with Crippen molar-refractivity contribution in [1.29, 1.82) is 0 Å². The summed E-state index contributed by atoms with van der Waals surface area (Å²) in [6, 6.07) is 9.60. The maximum absolute atomic E-state index is 12.9. The molecule has 0 amide bonds. The van der Waals surface area contributed by atoms with Crippen LogP contribution in [0.2, 0.25) is 0 Å². The lowest BCUT2D eigenvalue weighted by molar-refractivity contribution is -0.136. The Balaban J connectivity index is 2.19. The van der Waals surface area contributed by atoms with Crippen LogP contribution in [-0.2, 0) is 19.1 Å². The molecule has 1 aromatic rings. The molecule has 0 bridgehead atoms. The minimum absolute atomic E-state index is 0.0454. The highest BCUT2D eigenvalue weighted by Gasteiger charge is 2.44. The summed E-state index contributed by atoms with van der Waals surface area (Å²) in [5.41, 5.74) is 1.78. The Morgan fingerprint density at radius 3 is 2.50 bits per heavy atom. The van der Waals surface area contributed by atoms with E-state index in [9.17, 15) is 9.59 Å². The molecule has 1 atom stereocenters. The summed E-state index contributed by atoms with van der Waals surface area (Å²) in [6.45, 7) is 5.88. The molecule has 0 N–H and O–H groups in total. The van der Waals surface area contributed by atoms with Crippen molar-refractivity contribution < 1.29 is 19.1 Å². The summed E-state index contributed by atoms with van der Waals surface area (Å²) < 4.78 is 10.9. The van der Waals surface area contributed by atoms with Crippen LogP contribution >= 0.6 is 0 Å². The van der Waals surface area contributed by atoms with Gasteiger partial charge in [-0.3, -0.25) is 4.79 Å². The fourth-order valence-electron chi connectivity index (χ4n) is 3.63. The van der Waals surface area contributed by atoms with Gasteiger partial charge in [0.25, 0.3) is 0 Å². The molecule has 4 nitrogen and oxygen atoms in total. The van der Waals surface area contributed by atoms with E-state index in [1.54, 1.807) is 6.92 Å².